The van der Waals surface area contributed by atoms with Crippen molar-refractivity contribution in [3.05, 3.63) is 41.2 Å². The Bertz CT molecular complexity index is 759. The number of rotatable bonds is 7. The quantitative estimate of drug-likeness (QED) is 0.776. The summed E-state index contributed by atoms with van der Waals surface area (Å²) in [4.78, 5) is 26.1. The van der Waals surface area contributed by atoms with Crippen LogP contribution in [0.25, 0.3) is 0 Å². The second-order valence-corrected chi connectivity index (χ2v) is 7.21. The van der Waals surface area contributed by atoms with E-state index in [1.165, 1.54) is 11.0 Å². The van der Waals surface area contributed by atoms with Gasteiger partial charge in [0.1, 0.15) is 12.9 Å². The van der Waals surface area contributed by atoms with Gasteiger partial charge < -0.3 is 10.2 Å². The second kappa shape index (κ2) is 9.45. The van der Waals surface area contributed by atoms with E-state index >= 15 is 0 Å². The first kappa shape index (κ1) is 19.3. The molecule has 3 rings (SSSR count). The number of tetrazole rings is 1. The molecule has 2 aromatic rings. The third kappa shape index (κ3) is 6.02. The Balaban J connectivity index is 1.33. The summed E-state index contributed by atoms with van der Waals surface area (Å²) in [5, 5.41) is 14.4. The average Bonchev–Trinajstić information content (AvgIpc) is 3.18. The van der Waals surface area contributed by atoms with Crippen molar-refractivity contribution in [1.29, 1.82) is 0 Å². The number of likely N-dealkylation sites (tertiary alicyclic amines) is 1. The zero-order valence-corrected chi connectivity index (χ0v) is 15.8. The number of halogens is 1. The molecule has 0 unspecified atom stereocenters. The molecule has 0 aliphatic carbocycles. The van der Waals surface area contributed by atoms with Crippen LogP contribution in [0.3, 0.4) is 0 Å². The number of piperidine rings is 1. The Morgan fingerprint density at radius 2 is 2.07 bits per heavy atom. The first-order chi connectivity index (χ1) is 13.1. The highest BCUT2D eigenvalue weighted by atomic mass is 35.5. The lowest BCUT2D eigenvalue weighted by Gasteiger charge is -2.31. The van der Waals surface area contributed by atoms with Gasteiger partial charge in [-0.3, -0.25) is 9.59 Å². The minimum absolute atomic E-state index is 0.0278. The standard InChI is InChI=1S/C18H23ClN6O2/c19-16-3-1-2-15(10-16)11-20-17(26)5-4-14-6-8-24(9-7-14)18(27)12-25-13-21-22-23-25/h1-3,10,13-14H,4-9,11-12H2,(H,20,26). The van der Waals surface area contributed by atoms with Gasteiger partial charge >= 0.3 is 0 Å². The van der Waals surface area contributed by atoms with Crippen molar-refractivity contribution in [1.82, 2.24) is 30.4 Å². The summed E-state index contributed by atoms with van der Waals surface area (Å²) in [6, 6.07) is 7.48. The van der Waals surface area contributed by atoms with Gasteiger partial charge in [0.15, 0.2) is 0 Å². The molecule has 0 bridgehead atoms. The normalized spacial score (nSPS) is 14.9. The lowest BCUT2D eigenvalue weighted by molar-refractivity contribution is -0.133. The predicted octanol–water partition coefficient (Wildman–Crippen LogP) is 1.66. The molecule has 2 heterocycles. The zero-order valence-electron chi connectivity index (χ0n) is 15.1. The Hall–Kier alpha value is -2.48. The van der Waals surface area contributed by atoms with E-state index < -0.39 is 0 Å². The molecule has 8 nitrogen and oxygen atoms in total. The second-order valence-electron chi connectivity index (χ2n) is 6.78. The molecule has 0 radical (unpaired) electrons. The van der Waals surface area contributed by atoms with E-state index in [1.807, 2.05) is 29.2 Å². The van der Waals surface area contributed by atoms with Crippen molar-refractivity contribution < 1.29 is 9.59 Å². The van der Waals surface area contributed by atoms with Crippen molar-refractivity contribution in [2.24, 2.45) is 5.92 Å². The molecule has 1 aliphatic heterocycles. The predicted molar refractivity (Wildman–Crippen MR) is 99.7 cm³/mol. The molecular formula is C18H23ClN6O2. The summed E-state index contributed by atoms with van der Waals surface area (Å²) in [7, 11) is 0. The van der Waals surface area contributed by atoms with Crippen LogP contribution < -0.4 is 5.32 Å². The lowest BCUT2D eigenvalue weighted by Crippen LogP contribution is -2.40. The van der Waals surface area contributed by atoms with Crippen molar-refractivity contribution in [2.45, 2.75) is 38.8 Å². The van der Waals surface area contributed by atoms with Gasteiger partial charge in [-0.2, -0.15) is 0 Å². The zero-order chi connectivity index (χ0) is 19.1. The summed E-state index contributed by atoms with van der Waals surface area (Å²) in [6.45, 7) is 2.10. The highest BCUT2D eigenvalue weighted by Crippen LogP contribution is 2.22. The Morgan fingerprint density at radius 1 is 1.26 bits per heavy atom. The molecule has 2 amide bonds. The van der Waals surface area contributed by atoms with Gasteiger partial charge in [-0.15, -0.1) is 5.10 Å². The molecule has 0 saturated carbocycles. The fraction of sp³-hybridized carbons (Fsp3) is 0.500. The summed E-state index contributed by atoms with van der Waals surface area (Å²) >= 11 is 5.94. The van der Waals surface area contributed by atoms with E-state index in [1.54, 1.807) is 0 Å². The number of carbonyl (C=O) groups excluding carboxylic acids is 2. The van der Waals surface area contributed by atoms with Crippen LogP contribution in [0.2, 0.25) is 5.02 Å². The first-order valence-electron chi connectivity index (χ1n) is 9.10. The van der Waals surface area contributed by atoms with E-state index in [0.717, 1.165) is 37.9 Å². The Morgan fingerprint density at radius 3 is 2.78 bits per heavy atom. The molecule has 0 atom stereocenters. The number of carbonyl (C=O) groups is 2. The maximum Gasteiger partial charge on any atom is 0.244 e. The Kier molecular flexibility index (Phi) is 6.75. The smallest absolute Gasteiger partial charge is 0.244 e. The molecule has 1 saturated heterocycles. The molecule has 1 aromatic heterocycles. The number of benzene rings is 1. The van der Waals surface area contributed by atoms with Gasteiger partial charge in [-0.05, 0) is 53.3 Å². The molecule has 1 aromatic carbocycles. The van der Waals surface area contributed by atoms with Crippen LogP contribution in [0.1, 0.15) is 31.2 Å². The van der Waals surface area contributed by atoms with Gasteiger partial charge in [0.2, 0.25) is 11.8 Å². The number of hydrogen-bond donors (Lipinski definition) is 1. The largest absolute Gasteiger partial charge is 0.352 e. The SMILES string of the molecule is O=C(CCC1CCN(C(=O)Cn2cnnn2)CC1)NCc1cccc(Cl)c1. The molecule has 1 aliphatic rings. The van der Waals surface area contributed by atoms with Crippen LogP contribution in [0.4, 0.5) is 0 Å². The van der Waals surface area contributed by atoms with Crippen LogP contribution in [0, 0.1) is 5.92 Å². The molecule has 1 N–H and O–H groups in total. The highest BCUT2D eigenvalue weighted by molar-refractivity contribution is 6.30. The van der Waals surface area contributed by atoms with Crippen LogP contribution in [-0.4, -0.2) is 50.0 Å². The maximum atomic E-state index is 12.2. The molecule has 0 spiro atoms. The van der Waals surface area contributed by atoms with Gasteiger partial charge in [0.05, 0.1) is 0 Å². The third-order valence-electron chi connectivity index (χ3n) is 4.81. The molecular weight excluding hydrogens is 368 g/mol. The average molecular weight is 391 g/mol. The Labute approximate surface area is 162 Å². The van der Waals surface area contributed by atoms with Crippen LogP contribution in [0.5, 0.6) is 0 Å². The number of amides is 2. The topological polar surface area (TPSA) is 93.0 Å². The van der Waals surface area contributed by atoms with Crippen LogP contribution in [0.15, 0.2) is 30.6 Å². The maximum absolute atomic E-state index is 12.2. The summed E-state index contributed by atoms with van der Waals surface area (Å²) in [5.41, 5.74) is 0.991. The summed E-state index contributed by atoms with van der Waals surface area (Å²) < 4.78 is 1.43. The highest BCUT2D eigenvalue weighted by Gasteiger charge is 2.23. The van der Waals surface area contributed by atoms with Crippen molar-refractivity contribution in [3.63, 3.8) is 0 Å². The van der Waals surface area contributed by atoms with Gasteiger partial charge in [-0.25, -0.2) is 4.68 Å². The summed E-state index contributed by atoms with van der Waals surface area (Å²) in [5.74, 6) is 0.547. The molecule has 27 heavy (non-hydrogen) atoms. The minimum Gasteiger partial charge on any atom is -0.352 e. The molecule has 9 heteroatoms. The van der Waals surface area contributed by atoms with Crippen LogP contribution >= 0.6 is 11.6 Å². The fourth-order valence-corrected chi connectivity index (χ4v) is 3.45. The number of aromatic nitrogens is 4. The van der Waals surface area contributed by atoms with E-state index in [0.29, 0.717) is 23.9 Å². The van der Waals surface area contributed by atoms with E-state index in [-0.39, 0.29) is 18.4 Å². The van der Waals surface area contributed by atoms with Crippen molar-refractivity contribution in [3.8, 4) is 0 Å². The summed E-state index contributed by atoms with van der Waals surface area (Å²) in [6.07, 6.45) is 4.62. The van der Waals surface area contributed by atoms with Gasteiger partial charge in [-0.1, -0.05) is 23.7 Å². The molecule has 1 fully saturated rings. The van der Waals surface area contributed by atoms with Crippen LogP contribution in [-0.2, 0) is 22.7 Å². The first-order valence-corrected chi connectivity index (χ1v) is 9.47. The number of nitrogens with zero attached hydrogens (tertiary/aromatic N) is 5. The van der Waals surface area contributed by atoms with E-state index in [9.17, 15) is 9.59 Å². The molecule has 144 valence electrons. The van der Waals surface area contributed by atoms with E-state index in [4.69, 9.17) is 11.6 Å². The van der Waals surface area contributed by atoms with Gasteiger partial charge in [0.25, 0.3) is 0 Å². The number of nitrogens with one attached hydrogen (secondary N) is 1. The van der Waals surface area contributed by atoms with Crippen molar-refractivity contribution in [2.75, 3.05) is 13.1 Å². The lowest BCUT2D eigenvalue weighted by atomic mass is 9.92. The fourth-order valence-electron chi connectivity index (χ4n) is 3.23. The van der Waals surface area contributed by atoms with E-state index in [2.05, 4.69) is 20.8 Å². The van der Waals surface area contributed by atoms with Crippen molar-refractivity contribution >= 4 is 23.4 Å². The third-order valence-corrected chi connectivity index (χ3v) is 5.05. The van der Waals surface area contributed by atoms with Gasteiger partial charge in [0, 0.05) is 31.1 Å². The minimum atomic E-state index is 0.0278. The monoisotopic (exact) mass is 390 g/mol. The number of hydrogen-bond acceptors (Lipinski definition) is 5.